The molecule has 0 saturated carbocycles. The maximum Gasteiger partial charge on any atom is 0.357 e. The lowest BCUT2D eigenvalue weighted by Gasteiger charge is -2.03. The molecule has 0 fully saturated rings. The molecule has 1 heterocycles. The van der Waals surface area contributed by atoms with E-state index in [9.17, 15) is 14.9 Å². The van der Waals surface area contributed by atoms with Crippen LogP contribution in [0.1, 0.15) is 21.7 Å². The minimum atomic E-state index is -0.548. The first-order valence-corrected chi connectivity index (χ1v) is 6.66. The first kappa shape index (κ1) is 14.4. The Balaban J connectivity index is 2.35. The number of nitro groups is 1. The Bertz CT molecular complexity index is 694. The zero-order valence-corrected chi connectivity index (χ0v) is 12.5. The van der Waals surface area contributed by atoms with Crippen molar-refractivity contribution in [2.24, 2.45) is 0 Å². The van der Waals surface area contributed by atoms with Crippen molar-refractivity contribution < 1.29 is 9.72 Å². The molecule has 104 valence electrons. The Hall–Kier alpha value is -2.02. The van der Waals surface area contributed by atoms with Gasteiger partial charge in [0.15, 0.2) is 12.4 Å². The zero-order valence-electron chi connectivity index (χ0n) is 11.0. The van der Waals surface area contributed by atoms with Gasteiger partial charge in [-0.3, -0.25) is 4.79 Å². The summed E-state index contributed by atoms with van der Waals surface area (Å²) in [4.78, 5) is 26.7. The fourth-order valence-corrected chi connectivity index (χ4v) is 2.55. The number of benzene rings is 1. The summed E-state index contributed by atoms with van der Waals surface area (Å²) in [5.41, 5.74) is 1.50. The summed E-state index contributed by atoms with van der Waals surface area (Å²) in [6, 6.07) is 7.13. The average Bonchev–Trinajstić information content (AvgIpc) is 2.64. The van der Waals surface area contributed by atoms with Crippen LogP contribution in [0.5, 0.6) is 0 Å². The number of imidazole rings is 1. The van der Waals surface area contributed by atoms with Gasteiger partial charge >= 0.3 is 5.82 Å². The number of aromatic nitrogens is 2. The van der Waals surface area contributed by atoms with Gasteiger partial charge in [-0.05, 0) is 33.8 Å². The van der Waals surface area contributed by atoms with Crippen LogP contribution in [-0.2, 0) is 6.54 Å². The number of nitrogens with zero attached hydrogens (tertiary/aromatic N) is 3. The van der Waals surface area contributed by atoms with Gasteiger partial charge in [0.1, 0.15) is 0 Å². The van der Waals surface area contributed by atoms with E-state index < -0.39 is 4.92 Å². The molecule has 1 aromatic heterocycles. The number of halogens is 1. The SMILES string of the molecule is Cc1cccc(C(=O)Cn2c(C)nc(Br)c2[N+](=O)[O-])c1. The van der Waals surface area contributed by atoms with Crippen LogP contribution in [0.15, 0.2) is 28.9 Å². The Morgan fingerprint density at radius 2 is 2.15 bits per heavy atom. The maximum absolute atomic E-state index is 12.2. The molecule has 0 bridgehead atoms. The number of carbonyl (C=O) groups is 1. The van der Waals surface area contributed by atoms with Gasteiger partial charge in [-0.2, -0.15) is 4.98 Å². The number of hydrogen-bond donors (Lipinski definition) is 0. The lowest BCUT2D eigenvalue weighted by Crippen LogP contribution is -2.14. The van der Waals surface area contributed by atoms with Crippen molar-refractivity contribution in [1.82, 2.24) is 9.55 Å². The molecule has 2 rings (SSSR count). The highest BCUT2D eigenvalue weighted by molar-refractivity contribution is 9.10. The number of ketones is 1. The Morgan fingerprint density at radius 3 is 2.75 bits per heavy atom. The van der Waals surface area contributed by atoms with Crippen molar-refractivity contribution in [2.45, 2.75) is 20.4 Å². The number of rotatable bonds is 4. The van der Waals surface area contributed by atoms with E-state index >= 15 is 0 Å². The van der Waals surface area contributed by atoms with Gasteiger partial charge in [0.05, 0.1) is 0 Å². The number of hydrogen-bond acceptors (Lipinski definition) is 4. The molecule has 0 aliphatic rings. The Morgan fingerprint density at radius 1 is 1.45 bits per heavy atom. The van der Waals surface area contributed by atoms with E-state index in [1.165, 1.54) is 4.57 Å². The smallest absolute Gasteiger partial charge is 0.357 e. The van der Waals surface area contributed by atoms with Crippen LogP contribution in [0.2, 0.25) is 0 Å². The van der Waals surface area contributed by atoms with Gasteiger partial charge in [0.2, 0.25) is 10.4 Å². The van der Waals surface area contributed by atoms with E-state index in [0.29, 0.717) is 11.4 Å². The second kappa shape index (κ2) is 5.54. The van der Waals surface area contributed by atoms with Gasteiger partial charge in [0.25, 0.3) is 0 Å². The largest absolute Gasteiger partial charge is 0.358 e. The molecule has 20 heavy (non-hydrogen) atoms. The standard InChI is InChI=1S/C13H12BrN3O3/c1-8-4-3-5-10(6-8)11(18)7-16-9(2)15-12(14)13(16)17(19)20/h3-6H,7H2,1-2H3. The third-order valence-corrected chi connectivity index (χ3v) is 3.44. The molecule has 7 heteroatoms. The van der Waals surface area contributed by atoms with Crippen molar-refractivity contribution in [1.29, 1.82) is 0 Å². The van der Waals surface area contributed by atoms with Crippen molar-refractivity contribution in [3.05, 3.63) is 55.9 Å². The second-order valence-electron chi connectivity index (χ2n) is 4.41. The summed E-state index contributed by atoms with van der Waals surface area (Å²) < 4.78 is 1.44. The third-order valence-electron chi connectivity index (χ3n) is 2.91. The summed E-state index contributed by atoms with van der Waals surface area (Å²) in [5, 5.41) is 11.0. The average molecular weight is 338 g/mol. The normalized spacial score (nSPS) is 10.6. The van der Waals surface area contributed by atoms with Crippen molar-refractivity contribution in [2.75, 3.05) is 0 Å². The minimum Gasteiger partial charge on any atom is -0.358 e. The van der Waals surface area contributed by atoms with Gasteiger partial charge < -0.3 is 10.1 Å². The van der Waals surface area contributed by atoms with Gasteiger partial charge in [-0.15, -0.1) is 0 Å². The molecule has 0 N–H and O–H groups in total. The predicted octanol–water partition coefficient (Wildman–Crippen LogP) is 3.05. The number of aryl methyl sites for hydroxylation is 2. The molecule has 0 radical (unpaired) electrons. The fourth-order valence-electron chi connectivity index (χ4n) is 1.93. The highest BCUT2D eigenvalue weighted by atomic mass is 79.9. The Labute approximate surface area is 123 Å². The molecule has 1 aromatic carbocycles. The highest BCUT2D eigenvalue weighted by Gasteiger charge is 2.25. The Kier molecular flexibility index (Phi) is 3.99. The van der Waals surface area contributed by atoms with Crippen LogP contribution in [0.3, 0.4) is 0 Å². The van der Waals surface area contributed by atoms with E-state index in [-0.39, 0.29) is 22.7 Å². The summed E-state index contributed by atoms with van der Waals surface area (Å²) in [6.45, 7) is 3.41. The minimum absolute atomic E-state index is 0.107. The van der Waals surface area contributed by atoms with E-state index in [2.05, 4.69) is 20.9 Å². The molecule has 0 aliphatic heterocycles. The second-order valence-corrected chi connectivity index (χ2v) is 5.16. The highest BCUT2D eigenvalue weighted by Crippen LogP contribution is 2.25. The van der Waals surface area contributed by atoms with Crippen molar-refractivity contribution >= 4 is 27.5 Å². The third kappa shape index (κ3) is 2.77. The summed E-state index contributed by atoms with van der Waals surface area (Å²) in [5.74, 6) is 0.0258. The maximum atomic E-state index is 12.2. The molecule has 0 amide bonds. The van der Waals surface area contributed by atoms with Crippen LogP contribution in [-0.4, -0.2) is 20.3 Å². The molecule has 6 nitrogen and oxygen atoms in total. The molecular weight excluding hydrogens is 326 g/mol. The van der Waals surface area contributed by atoms with E-state index in [1.54, 1.807) is 25.1 Å². The van der Waals surface area contributed by atoms with Gasteiger partial charge in [-0.1, -0.05) is 23.8 Å². The quantitative estimate of drug-likeness (QED) is 0.488. The van der Waals surface area contributed by atoms with E-state index in [4.69, 9.17) is 0 Å². The van der Waals surface area contributed by atoms with Gasteiger partial charge in [0, 0.05) is 12.5 Å². The number of carbonyl (C=O) groups excluding carboxylic acids is 1. The molecular formula is C13H12BrN3O3. The topological polar surface area (TPSA) is 78.0 Å². The molecule has 2 aromatic rings. The molecule has 0 aliphatic carbocycles. The van der Waals surface area contributed by atoms with Crippen LogP contribution >= 0.6 is 15.9 Å². The molecule has 0 atom stereocenters. The lowest BCUT2D eigenvalue weighted by atomic mass is 10.1. The first-order chi connectivity index (χ1) is 9.40. The molecule has 0 spiro atoms. The number of Topliss-reactive ketones (excluding diaryl/α,β-unsaturated/α-hetero) is 1. The summed E-state index contributed by atoms with van der Waals surface area (Å²) >= 11 is 3.04. The van der Waals surface area contributed by atoms with Crippen LogP contribution in [0, 0.1) is 24.0 Å². The molecule has 0 saturated heterocycles. The van der Waals surface area contributed by atoms with Crippen molar-refractivity contribution in [3.8, 4) is 0 Å². The summed E-state index contributed by atoms with van der Waals surface area (Å²) in [6.07, 6.45) is 0. The summed E-state index contributed by atoms with van der Waals surface area (Å²) in [7, 11) is 0. The van der Waals surface area contributed by atoms with Crippen LogP contribution in [0.4, 0.5) is 5.82 Å². The molecule has 0 unspecified atom stereocenters. The monoisotopic (exact) mass is 337 g/mol. The first-order valence-electron chi connectivity index (χ1n) is 5.87. The van der Waals surface area contributed by atoms with Crippen molar-refractivity contribution in [3.63, 3.8) is 0 Å². The van der Waals surface area contributed by atoms with Crippen LogP contribution in [0.25, 0.3) is 0 Å². The van der Waals surface area contributed by atoms with Gasteiger partial charge in [-0.25, -0.2) is 4.57 Å². The van der Waals surface area contributed by atoms with Crippen LogP contribution < -0.4 is 0 Å². The van der Waals surface area contributed by atoms with E-state index in [0.717, 1.165) is 5.56 Å². The van der Waals surface area contributed by atoms with E-state index in [1.807, 2.05) is 13.0 Å². The predicted molar refractivity (Wildman–Crippen MR) is 76.8 cm³/mol. The fraction of sp³-hybridized carbons (Fsp3) is 0.231. The lowest BCUT2D eigenvalue weighted by molar-refractivity contribution is -0.392. The zero-order chi connectivity index (χ0) is 14.9.